The van der Waals surface area contributed by atoms with Gasteiger partial charge in [0.25, 0.3) is 0 Å². The molecule has 0 fully saturated rings. The first kappa shape index (κ1) is 22.1. The van der Waals surface area contributed by atoms with Gasteiger partial charge in [-0.15, -0.1) is 10.2 Å². The molecule has 0 saturated heterocycles. The highest BCUT2D eigenvalue weighted by atomic mass is 35.5. The van der Waals surface area contributed by atoms with Crippen LogP contribution in [0.3, 0.4) is 0 Å². The van der Waals surface area contributed by atoms with Crippen molar-refractivity contribution in [3.63, 3.8) is 0 Å². The fourth-order valence-corrected chi connectivity index (χ4v) is 3.87. The number of halogens is 2. The van der Waals surface area contributed by atoms with Crippen molar-refractivity contribution in [3.05, 3.63) is 82.3 Å². The highest BCUT2D eigenvalue weighted by Gasteiger charge is 2.16. The molecule has 1 heterocycles. The molecule has 0 amide bonds. The number of rotatable bonds is 6. The zero-order chi connectivity index (χ0) is 22.7. The van der Waals surface area contributed by atoms with Gasteiger partial charge < -0.3 is 10.2 Å². The van der Waals surface area contributed by atoms with Crippen LogP contribution in [-0.2, 0) is 0 Å². The summed E-state index contributed by atoms with van der Waals surface area (Å²) in [6, 6.07) is 17.8. The Morgan fingerprint density at radius 2 is 1.38 bits per heavy atom. The van der Waals surface area contributed by atoms with Gasteiger partial charge in [-0.1, -0.05) is 35.0 Å². The number of aromatic hydroxyl groups is 2. The number of aromatic nitrogens is 3. The van der Waals surface area contributed by atoms with E-state index in [1.54, 1.807) is 60.7 Å². The Balaban J connectivity index is 1.64. The molecule has 0 aliphatic heterocycles. The third-order valence-electron chi connectivity index (χ3n) is 4.52. The lowest BCUT2D eigenvalue weighted by Crippen LogP contribution is -2.05. The number of benzene rings is 3. The number of carbonyl (C=O) groups excluding carboxylic acids is 1. The summed E-state index contributed by atoms with van der Waals surface area (Å²) in [6.45, 7) is 0. The highest BCUT2D eigenvalue weighted by Crippen LogP contribution is 2.32. The lowest BCUT2D eigenvalue weighted by molar-refractivity contribution is 0.102. The molecule has 6 nitrogen and oxygen atoms in total. The largest absolute Gasteiger partial charge is 0.508 e. The number of thioether (sulfide) groups is 1. The van der Waals surface area contributed by atoms with Crippen LogP contribution in [0.2, 0.25) is 10.0 Å². The summed E-state index contributed by atoms with van der Waals surface area (Å²) in [5.74, 6) is 0.205. The van der Waals surface area contributed by atoms with E-state index in [0.29, 0.717) is 37.7 Å². The summed E-state index contributed by atoms with van der Waals surface area (Å²) in [7, 11) is 0. The number of phenols is 2. The average Bonchev–Trinajstić information content (AvgIpc) is 2.80. The van der Waals surface area contributed by atoms with Gasteiger partial charge in [-0.2, -0.15) is 0 Å². The summed E-state index contributed by atoms with van der Waals surface area (Å²) >= 11 is 13.1. The van der Waals surface area contributed by atoms with Crippen molar-refractivity contribution in [1.82, 2.24) is 15.2 Å². The molecule has 0 aliphatic rings. The predicted molar refractivity (Wildman–Crippen MR) is 126 cm³/mol. The van der Waals surface area contributed by atoms with Gasteiger partial charge >= 0.3 is 0 Å². The Morgan fingerprint density at radius 1 is 0.781 bits per heavy atom. The lowest BCUT2D eigenvalue weighted by Gasteiger charge is -2.10. The molecule has 9 heteroatoms. The van der Waals surface area contributed by atoms with E-state index >= 15 is 0 Å². The van der Waals surface area contributed by atoms with Gasteiger partial charge in [0.2, 0.25) is 5.16 Å². The summed E-state index contributed by atoms with van der Waals surface area (Å²) in [6.07, 6.45) is 0. The van der Waals surface area contributed by atoms with Crippen molar-refractivity contribution < 1.29 is 15.0 Å². The minimum absolute atomic E-state index is 0.0905. The first-order valence-electron chi connectivity index (χ1n) is 9.35. The topological polar surface area (TPSA) is 96.2 Å². The number of Topliss-reactive ketones (excluding diaryl/α,β-unsaturated/α-hetero) is 1. The molecule has 1 aromatic heterocycles. The van der Waals surface area contributed by atoms with Crippen molar-refractivity contribution in [2.75, 3.05) is 5.75 Å². The van der Waals surface area contributed by atoms with Gasteiger partial charge in [-0.05, 0) is 66.7 Å². The van der Waals surface area contributed by atoms with Crippen LogP contribution in [0.1, 0.15) is 10.4 Å². The second-order valence-electron chi connectivity index (χ2n) is 6.73. The molecule has 2 N–H and O–H groups in total. The van der Waals surface area contributed by atoms with Crippen LogP contribution >= 0.6 is 35.0 Å². The number of ketones is 1. The molecule has 0 atom stereocenters. The van der Waals surface area contributed by atoms with E-state index < -0.39 is 0 Å². The zero-order valence-electron chi connectivity index (χ0n) is 16.4. The first-order chi connectivity index (χ1) is 15.4. The number of hydrogen-bond donors (Lipinski definition) is 2. The quantitative estimate of drug-likeness (QED) is 0.260. The summed E-state index contributed by atoms with van der Waals surface area (Å²) in [4.78, 5) is 17.2. The average molecular weight is 484 g/mol. The minimum Gasteiger partial charge on any atom is -0.508 e. The molecule has 0 radical (unpaired) electrons. The van der Waals surface area contributed by atoms with E-state index in [4.69, 9.17) is 23.2 Å². The lowest BCUT2D eigenvalue weighted by atomic mass is 10.0. The molecule has 32 heavy (non-hydrogen) atoms. The number of nitrogens with zero attached hydrogens (tertiary/aromatic N) is 3. The SMILES string of the molecule is O=C(CSc1nnc(-c2ccc(O)cc2)c(-c2ccc(O)cc2)n1)c1ccc(Cl)c(Cl)c1. The summed E-state index contributed by atoms with van der Waals surface area (Å²) in [5, 5.41) is 28.7. The van der Waals surface area contributed by atoms with Gasteiger partial charge in [0.05, 0.1) is 15.8 Å². The zero-order valence-corrected chi connectivity index (χ0v) is 18.7. The molecular weight excluding hydrogens is 469 g/mol. The molecule has 0 saturated carbocycles. The Bertz CT molecular complexity index is 1280. The molecule has 0 aliphatic carbocycles. The molecule has 0 unspecified atom stereocenters. The maximum atomic E-state index is 12.5. The van der Waals surface area contributed by atoms with Crippen molar-refractivity contribution in [1.29, 1.82) is 0 Å². The number of hydrogen-bond acceptors (Lipinski definition) is 7. The van der Waals surface area contributed by atoms with E-state index in [2.05, 4.69) is 15.2 Å². The van der Waals surface area contributed by atoms with Crippen molar-refractivity contribution in [2.24, 2.45) is 0 Å². The van der Waals surface area contributed by atoms with Crippen molar-refractivity contribution in [2.45, 2.75) is 5.16 Å². The maximum Gasteiger partial charge on any atom is 0.210 e. The van der Waals surface area contributed by atoms with Crippen LogP contribution in [0.25, 0.3) is 22.5 Å². The van der Waals surface area contributed by atoms with Crippen molar-refractivity contribution in [3.8, 4) is 34.0 Å². The molecule has 160 valence electrons. The predicted octanol–water partition coefficient (Wildman–Crippen LogP) is 5.90. The van der Waals surface area contributed by atoms with Gasteiger partial charge in [0, 0.05) is 16.7 Å². The Hall–Kier alpha value is -3.13. The van der Waals surface area contributed by atoms with Gasteiger partial charge in [-0.3, -0.25) is 4.79 Å². The van der Waals surface area contributed by atoms with E-state index in [-0.39, 0.29) is 23.0 Å². The van der Waals surface area contributed by atoms with Crippen LogP contribution < -0.4 is 0 Å². The standard InChI is InChI=1S/C23H15Cl2N3O3S/c24-18-10-5-15(11-19(18)25)20(31)12-32-23-26-21(13-1-6-16(29)7-2-13)22(27-28-23)14-3-8-17(30)9-4-14/h1-11,29-30H,12H2. The molecule has 3 aromatic carbocycles. The molecule has 4 rings (SSSR count). The Morgan fingerprint density at radius 3 is 1.97 bits per heavy atom. The van der Waals surface area contributed by atoms with Gasteiger partial charge in [0.1, 0.15) is 22.9 Å². The summed E-state index contributed by atoms with van der Waals surface area (Å²) < 4.78 is 0. The van der Waals surface area contributed by atoms with E-state index in [1.807, 2.05) is 0 Å². The van der Waals surface area contributed by atoms with Crippen LogP contribution in [-0.4, -0.2) is 36.9 Å². The van der Waals surface area contributed by atoms with Crippen LogP contribution in [0.5, 0.6) is 11.5 Å². The van der Waals surface area contributed by atoms with Crippen LogP contribution in [0, 0.1) is 0 Å². The smallest absolute Gasteiger partial charge is 0.210 e. The summed E-state index contributed by atoms with van der Waals surface area (Å²) in [5.41, 5.74) is 2.93. The maximum absolute atomic E-state index is 12.5. The third kappa shape index (κ3) is 5.02. The van der Waals surface area contributed by atoms with E-state index in [9.17, 15) is 15.0 Å². The fraction of sp³-hybridized carbons (Fsp3) is 0.0435. The molecule has 4 aromatic rings. The minimum atomic E-state index is -0.147. The number of carbonyl (C=O) groups is 1. The monoisotopic (exact) mass is 483 g/mol. The van der Waals surface area contributed by atoms with Gasteiger partial charge in [0.15, 0.2) is 5.78 Å². The van der Waals surface area contributed by atoms with Crippen molar-refractivity contribution >= 4 is 40.7 Å². The molecule has 0 bridgehead atoms. The van der Waals surface area contributed by atoms with E-state index in [0.717, 1.165) is 17.3 Å². The van der Waals surface area contributed by atoms with Gasteiger partial charge in [-0.25, -0.2) is 4.98 Å². The molecular formula is C23H15Cl2N3O3S. The van der Waals surface area contributed by atoms with E-state index in [1.165, 1.54) is 6.07 Å². The second kappa shape index (κ2) is 9.56. The number of phenolic OH excluding ortho intramolecular Hbond substituents is 2. The molecule has 0 spiro atoms. The van der Waals surface area contributed by atoms with Crippen LogP contribution in [0.4, 0.5) is 0 Å². The second-order valence-corrected chi connectivity index (χ2v) is 8.48. The Kier molecular flexibility index (Phi) is 6.60. The first-order valence-corrected chi connectivity index (χ1v) is 11.1. The fourth-order valence-electron chi connectivity index (χ4n) is 2.89. The highest BCUT2D eigenvalue weighted by molar-refractivity contribution is 7.99. The Labute approximate surface area is 197 Å². The normalized spacial score (nSPS) is 10.8. The van der Waals surface area contributed by atoms with Crippen LogP contribution in [0.15, 0.2) is 71.9 Å². The third-order valence-corrected chi connectivity index (χ3v) is 6.10.